The molecule has 0 saturated carbocycles. The van der Waals surface area contributed by atoms with E-state index in [0.717, 1.165) is 45.7 Å². The number of allylic oxidation sites excluding steroid dienone is 2. The summed E-state index contributed by atoms with van der Waals surface area (Å²) in [6.45, 7) is 4.43. The van der Waals surface area contributed by atoms with Crippen LogP contribution in [-0.4, -0.2) is 8.42 Å². The summed E-state index contributed by atoms with van der Waals surface area (Å²) in [5, 5.41) is 3.73. The fourth-order valence-corrected chi connectivity index (χ4v) is 6.97. The molecule has 5 nitrogen and oxygen atoms in total. The first-order valence-electron chi connectivity index (χ1n) is 13.3. The van der Waals surface area contributed by atoms with E-state index < -0.39 is 10.0 Å². The largest absolute Gasteiger partial charge is 0.489 e. The number of ether oxygens (including phenoxy) is 1. The van der Waals surface area contributed by atoms with Crippen molar-refractivity contribution in [2.24, 2.45) is 5.92 Å². The maximum atomic E-state index is 13.4. The summed E-state index contributed by atoms with van der Waals surface area (Å²) in [6, 6.07) is 29.6. The SMILES string of the molecule is Cc1cc(C)cc(NS(=O)(=O)c2ccc3c(c2)C2C=CCC2C(c2ccccc2OCc2ccccc2)N3)c1. The second kappa shape index (κ2) is 10.3. The monoisotopic (exact) mass is 536 g/mol. The second-order valence-electron chi connectivity index (χ2n) is 10.5. The summed E-state index contributed by atoms with van der Waals surface area (Å²) in [5.41, 5.74) is 6.81. The van der Waals surface area contributed by atoms with Gasteiger partial charge in [0, 0.05) is 22.9 Å². The molecule has 1 heterocycles. The van der Waals surface area contributed by atoms with Crippen LogP contribution in [0.25, 0.3) is 0 Å². The number of rotatable bonds is 7. The molecular formula is C33H32N2O3S. The Bertz CT molecular complexity index is 1630. The number of fused-ring (bicyclic) bond motifs is 3. The van der Waals surface area contributed by atoms with E-state index in [9.17, 15) is 8.42 Å². The molecule has 3 unspecified atom stereocenters. The molecule has 0 fully saturated rings. The quantitative estimate of drug-likeness (QED) is 0.240. The van der Waals surface area contributed by atoms with Crippen LogP contribution in [0.3, 0.4) is 0 Å². The van der Waals surface area contributed by atoms with Crippen molar-refractivity contribution in [2.45, 2.75) is 43.7 Å². The third kappa shape index (κ3) is 5.17. The molecule has 0 bridgehead atoms. The van der Waals surface area contributed by atoms with Crippen molar-refractivity contribution in [3.63, 3.8) is 0 Å². The molecule has 198 valence electrons. The number of hydrogen-bond donors (Lipinski definition) is 2. The first kappa shape index (κ1) is 25.3. The Hall–Kier alpha value is -4.03. The fourth-order valence-electron chi connectivity index (χ4n) is 5.90. The number of nitrogens with one attached hydrogen (secondary N) is 2. The average Bonchev–Trinajstić information content (AvgIpc) is 3.42. The molecule has 1 aliphatic heterocycles. The Morgan fingerprint density at radius 3 is 2.41 bits per heavy atom. The van der Waals surface area contributed by atoms with Gasteiger partial charge in [-0.2, -0.15) is 0 Å². The first-order chi connectivity index (χ1) is 18.9. The summed E-state index contributed by atoms with van der Waals surface area (Å²) < 4.78 is 35.8. The Morgan fingerprint density at radius 1 is 0.872 bits per heavy atom. The summed E-state index contributed by atoms with van der Waals surface area (Å²) >= 11 is 0. The third-order valence-electron chi connectivity index (χ3n) is 7.61. The van der Waals surface area contributed by atoms with Crippen LogP contribution in [-0.2, 0) is 16.6 Å². The van der Waals surface area contributed by atoms with Gasteiger partial charge in [0.2, 0.25) is 0 Å². The number of aryl methyl sites for hydroxylation is 2. The number of benzene rings is 4. The molecule has 6 rings (SSSR count). The third-order valence-corrected chi connectivity index (χ3v) is 8.99. The van der Waals surface area contributed by atoms with E-state index in [1.54, 1.807) is 6.07 Å². The predicted molar refractivity (Wildman–Crippen MR) is 157 cm³/mol. The van der Waals surface area contributed by atoms with Crippen molar-refractivity contribution in [3.05, 3.63) is 131 Å². The minimum Gasteiger partial charge on any atom is -0.489 e. The predicted octanol–water partition coefficient (Wildman–Crippen LogP) is 7.51. The van der Waals surface area contributed by atoms with E-state index in [2.05, 4.69) is 40.4 Å². The van der Waals surface area contributed by atoms with E-state index in [0.29, 0.717) is 12.3 Å². The van der Waals surface area contributed by atoms with E-state index in [4.69, 9.17) is 4.74 Å². The lowest BCUT2D eigenvalue weighted by atomic mass is 9.77. The Balaban J connectivity index is 1.29. The van der Waals surface area contributed by atoms with Crippen LogP contribution in [0, 0.1) is 19.8 Å². The summed E-state index contributed by atoms with van der Waals surface area (Å²) in [7, 11) is -3.74. The summed E-state index contributed by atoms with van der Waals surface area (Å²) in [6.07, 6.45) is 5.34. The van der Waals surface area contributed by atoms with Gasteiger partial charge in [-0.1, -0.05) is 66.7 Å². The molecule has 0 saturated heterocycles. The van der Waals surface area contributed by atoms with Gasteiger partial charge in [-0.15, -0.1) is 0 Å². The smallest absolute Gasteiger partial charge is 0.261 e. The molecule has 3 atom stereocenters. The zero-order valence-corrected chi connectivity index (χ0v) is 22.9. The first-order valence-corrected chi connectivity index (χ1v) is 14.8. The molecule has 0 aromatic heterocycles. The highest BCUT2D eigenvalue weighted by atomic mass is 32.2. The van der Waals surface area contributed by atoms with E-state index in [1.165, 1.54) is 0 Å². The van der Waals surface area contributed by atoms with Crippen LogP contribution >= 0.6 is 0 Å². The zero-order valence-electron chi connectivity index (χ0n) is 22.1. The van der Waals surface area contributed by atoms with Crippen LogP contribution in [0.1, 0.15) is 46.2 Å². The molecule has 4 aromatic carbocycles. The second-order valence-corrected chi connectivity index (χ2v) is 12.2. The van der Waals surface area contributed by atoms with Gasteiger partial charge in [-0.05, 0) is 84.8 Å². The van der Waals surface area contributed by atoms with Crippen LogP contribution in [0.5, 0.6) is 5.75 Å². The van der Waals surface area contributed by atoms with Crippen LogP contribution in [0.2, 0.25) is 0 Å². The highest BCUT2D eigenvalue weighted by Crippen LogP contribution is 2.51. The Morgan fingerprint density at radius 2 is 1.62 bits per heavy atom. The van der Waals surface area contributed by atoms with Gasteiger partial charge < -0.3 is 10.1 Å². The van der Waals surface area contributed by atoms with Crippen molar-refractivity contribution in [3.8, 4) is 5.75 Å². The Labute approximate surface area is 230 Å². The lowest BCUT2D eigenvalue weighted by Gasteiger charge is -2.38. The molecule has 0 amide bonds. The van der Waals surface area contributed by atoms with Crippen molar-refractivity contribution in [1.82, 2.24) is 0 Å². The normalized spacial score (nSPS) is 19.6. The molecule has 0 spiro atoms. The van der Waals surface area contributed by atoms with Gasteiger partial charge in [-0.3, -0.25) is 4.72 Å². The van der Waals surface area contributed by atoms with Gasteiger partial charge >= 0.3 is 0 Å². The minimum absolute atomic E-state index is 0.0420. The van der Waals surface area contributed by atoms with Crippen molar-refractivity contribution in [1.29, 1.82) is 0 Å². The van der Waals surface area contributed by atoms with Gasteiger partial charge in [0.25, 0.3) is 10.0 Å². The lowest BCUT2D eigenvalue weighted by Crippen LogP contribution is -2.29. The van der Waals surface area contributed by atoms with E-state index in [-0.39, 0.29) is 22.8 Å². The van der Waals surface area contributed by atoms with Gasteiger partial charge in [0.05, 0.1) is 10.9 Å². The van der Waals surface area contributed by atoms with Crippen molar-refractivity contribution >= 4 is 21.4 Å². The molecule has 2 N–H and O–H groups in total. The van der Waals surface area contributed by atoms with Crippen LogP contribution in [0.4, 0.5) is 11.4 Å². The summed E-state index contributed by atoms with van der Waals surface area (Å²) in [4.78, 5) is 0.270. The topological polar surface area (TPSA) is 67.4 Å². The minimum atomic E-state index is -3.74. The van der Waals surface area contributed by atoms with Gasteiger partial charge in [0.15, 0.2) is 0 Å². The maximum Gasteiger partial charge on any atom is 0.261 e. The summed E-state index contributed by atoms with van der Waals surface area (Å²) in [5.74, 6) is 1.24. The highest BCUT2D eigenvalue weighted by Gasteiger charge is 2.39. The maximum absolute atomic E-state index is 13.4. The lowest BCUT2D eigenvalue weighted by molar-refractivity contribution is 0.296. The van der Waals surface area contributed by atoms with Crippen molar-refractivity contribution in [2.75, 3.05) is 10.0 Å². The molecule has 0 radical (unpaired) electrons. The zero-order chi connectivity index (χ0) is 27.0. The van der Waals surface area contributed by atoms with Crippen LogP contribution < -0.4 is 14.8 Å². The molecule has 39 heavy (non-hydrogen) atoms. The molecule has 6 heteroatoms. The molecule has 1 aliphatic carbocycles. The van der Waals surface area contributed by atoms with Gasteiger partial charge in [-0.25, -0.2) is 8.42 Å². The molecule has 4 aromatic rings. The standard InChI is InChI=1S/C33H32N2O3S/c1-22-17-23(2)19-25(18-22)35-39(36,37)26-15-16-31-30(20-26)27-12-8-13-28(27)33(34-31)29-11-6-7-14-32(29)38-21-24-9-4-3-5-10-24/h3-12,14-20,27-28,33-35H,13,21H2,1-2H3. The van der Waals surface area contributed by atoms with Crippen LogP contribution in [0.15, 0.2) is 108 Å². The average molecular weight is 537 g/mol. The number of sulfonamides is 1. The number of anilines is 2. The highest BCUT2D eigenvalue weighted by molar-refractivity contribution is 7.92. The van der Waals surface area contributed by atoms with E-state index >= 15 is 0 Å². The Kier molecular flexibility index (Phi) is 6.65. The fraction of sp³-hybridized carbons (Fsp3) is 0.212. The molecular weight excluding hydrogens is 504 g/mol. The molecule has 2 aliphatic rings. The van der Waals surface area contributed by atoms with Crippen molar-refractivity contribution < 1.29 is 13.2 Å². The van der Waals surface area contributed by atoms with Gasteiger partial charge in [0.1, 0.15) is 12.4 Å². The number of para-hydroxylation sites is 1. The number of hydrogen-bond acceptors (Lipinski definition) is 4. The van der Waals surface area contributed by atoms with E-state index in [1.807, 2.05) is 80.6 Å².